The van der Waals surface area contributed by atoms with Gasteiger partial charge in [0.2, 0.25) is 0 Å². The summed E-state index contributed by atoms with van der Waals surface area (Å²) in [5.41, 5.74) is 1.12. The van der Waals surface area contributed by atoms with Crippen LogP contribution in [0.1, 0.15) is 77.6 Å². The van der Waals surface area contributed by atoms with Gasteiger partial charge < -0.3 is 10.2 Å². The summed E-state index contributed by atoms with van der Waals surface area (Å²) in [5.74, 6) is -1.33. The van der Waals surface area contributed by atoms with E-state index in [1.807, 2.05) is 0 Å². The molecule has 0 aromatic rings. The summed E-state index contributed by atoms with van der Waals surface area (Å²) in [6.07, 6.45) is 13.1. The zero-order valence-electron chi connectivity index (χ0n) is 14.1. The van der Waals surface area contributed by atoms with Gasteiger partial charge in [-0.2, -0.15) is 0 Å². The van der Waals surface area contributed by atoms with Crippen LogP contribution in [0, 0.1) is 5.92 Å². The first-order valence-electron chi connectivity index (χ1n) is 8.75. The van der Waals surface area contributed by atoms with Gasteiger partial charge in [0.1, 0.15) is 0 Å². The molecule has 23 heavy (non-hydrogen) atoms. The van der Waals surface area contributed by atoms with Crippen LogP contribution in [0.25, 0.3) is 0 Å². The van der Waals surface area contributed by atoms with Crippen LogP contribution in [0.4, 0.5) is 0 Å². The maximum atomic E-state index is 10.9. The van der Waals surface area contributed by atoms with E-state index in [4.69, 9.17) is 10.2 Å². The van der Waals surface area contributed by atoms with Crippen molar-refractivity contribution in [3.63, 3.8) is 0 Å². The molecular weight excluding hydrogens is 294 g/mol. The Balaban J connectivity index is 1.88. The molecule has 2 N–H and O–H groups in total. The van der Waals surface area contributed by atoms with Crippen molar-refractivity contribution in [1.29, 1.82) is 0 Å². The first kappa shape index (κ1) is 19.4. The van der Waals surface area contributed by atoms with Crippen LogP contribution < -0.4 is 0 Å². The SMILES string of the molecule is CC(CCCCCCCCCCCC(=O)O)C1=CN=C1C(=O)O. The Morgan fingerprint density at radius 3 is 1.91 bits per heavy atom. The molecule has 130 valence electrons. The molecule has 1 rings (SSSR count). The molecule has 5 heteroatoms. The number of aliphatic carboxylic acids is 2. The van der Waals surface area contributed by atoms with Crippen LogP contribution >= 0.6 is 0 Å². The van der Waals surface area contributed by atoms with Crippen molar-refractivity contribution in [2.45, 2.75) is 77.6 Å². The van der Waals surface area contributed by atoms with Gasteiger partial charge >= 0.3 is 11.9 Å². The van der Waals surface area contributed by atoms with Gasteiger partial charge in [-0.15, -0.1) is 0 Å². The molecule has 0 fully saturated rings. The van der Waals surface area contributed by atoms with Crippen LogP contribution in [0.15, 0.2) is 16.8 Å². The van der Waals surface area contributed by atoms with Crippen LogP contribution in [0.3, 0.4) is 0 Å². The second-order valence-corrected chi connectivity index (χ2v) is 6.38. The largest absolute Gasteiger partial charge is 0.481 e. The Hall–Kier alpha value is -1.65. The van der Waals surface area contributed by atoms with Gasteiger partial charge in [-0.25, -0.2) is 9.79 Å². The fraction of sp³-hybridized carbons (Fsp3) is 0.722. The summed E-state index contributed by atoms with van der Waals surface area (Å²) in [5, 5.41) is 17.5. The maximum absolute atomic E-state index is 10.9. The van der Waals surface area contributed by atoms with E-state index in [1.54, 1.807) is 6.20 Å². The van der Waals surface area contributed by atoms with E-state index in [-0.39, 0.29) is 11.6 Å². The van der Waals surface area contributed by atoms with Gasteiger partial charge in [-0.3, -0.25) is 4.79 Å². The Bertz CT molecular complexity index is 454. The van der Waals surface area contributed by atoms with E-state index < -0.39 is 11.9 Å². The van der Waals surface area contributed by atoms with Gasteiger partial charge in [0.25, 0.3) is 0 Å². The van der Waals surface area contributed by atoms with Crippen molar-refractivity contribution < 1.29 is 19.8 Å². The normalized spacial score (nSPS) is 14.7. The topological polar surface area (TPSA) is 87.0 Å². The van der Waals surface area contributed by atoms with Crippen LogP contribution in [-0.4, -0.2) is 27.9 Å². The van der Waals surface area contributed by atoms with Crippen LogP contribution in [-0.2, 0) is 9.59 Å². The highest BCUT2D eigenvalue weighted by atomic mass is 16.4. The Morgan fingerprint density at radius 2 is 1.48 bits per heavy atom. The molecule has 1 heterocycles. The molecule has 0 spiro atoms. The highest BCUT2D eigenvalue weighted by Gasteiger charge is 2.25. The molecule has 5 nitrogen and oxygen atoms in total. The Labute approximate surface area is 138 Å². The van der Waals surface area contributed by atoms with E-state index >= 15 is 0 Å². The van der Waals surface area contributed by atoms with Crippen LogP contribution in [0.2, 0.25) is 0 Å². The molecule has 1 aliphatic rings. The van der Waals surface area contributed by atoms with Gasteiger partial charge in [-0.1, -0.05) is 58.3 Å². The number of aliphatic imine (C=N–C) groups is 1. The van der Waals surface area contributed by atoms with Crippen molar-refractivity contribution >= 4 is 17.7 Å². The number of carboxylic acids is 2. The third-order valence-corrected chi connectivity index (χ3v) is 4.37. The number of hydrogen-bond acceptors (Lipinski definition) is 3. The number of rotatable bonds is 14. The number of unbranched alkanes of at least 4 members (excludes halogenated alkanes) is 8. The predicted molar refractivity (Wildman–Crippen MR) is 90.7 cm³/mol. The second kappa shape index (κ2) is 11.0. The first-order valence-corrected chi connectivity index (χ1v) is 8.75. The van der Waals surface area contributed by atoms with Crippen molar-refractivity contribution in [3.8, 4) is 0 Å². The molecule has 0 aromatic heterocycles. The van der Waals surface area contributed by atoms with Crippen molar-refractivity contribution in [1.82, 2.24) is 0 Å². The first-order chi connectivity index (χ1) is 11.0. The summed E-state index contributed by atoms with van der Waals surface area (Å²) in [6.45, 7) is 2.07. The Morgan fingerprint density at radius 1 is 0.957 bits per heavy atom. The minimum Gasteiger partial charge on any atom is -0.481 e. The molecule has 0 aromatic carbocycles. The third kappa shape index (κ3) is 7.95. The van der Waals surface area contributed by atoms with Crippen molar-refractivity contribution in [2.24, 2.45) is 10.9 Å². The molecular formula is C18H29NO4. The zero-order chi connectivity index (χ0) is 17.1. The second-order valence-electron chi connectivity index (χ2n) is 6.38. The molecule has 0 amide bonds. The highest BCUT2D eigenvalue weighted by Crippen LogP contribution is 2.25. The molecule has 0 saturated carbocycles. The number of hydrogen-bond donors (Lipinski definition) is 2. The molecule has 1 aliphatic heterocycles. The fourth-order valence-electron chi connectivity index (χ4n) is 2.86. The minimum absolute atomic E-state index is 0.236. The quantitative estimate of drug-likeness (QED) is 0.463. The monoisotopic (exact) mass is 323 g/mol. The summed E-state index contributed by atoms with van der Waals surface area (Å²) < 4.78 is 0. The molecule has 0 aliphatic carbocycles. The lowest BCUT2D eigenvalue weighted by atomic mass is 9.89. The molecule has 0 radical (unpaired) electrons. The maximum Gasteiger partial charge on any atom is 0.354 e. The predicted octanol–water partition coefficient (Wildman–Crippen LogP) is 4.42. The molecule has 0 bridgehead atoms. The van der Waals surface area contributed by atoms with Crippen LogP contribution in [0.5, 0.6) is 0 Å². The third-order valence-electron chi connectivity index (χ3n) is 4.37. The average Bonchev–Trinajstić information content (AvgIpc) is 2.42. The van der Waals surface area contributed by atoms with E-state index in [1.165, 1.54) is 32.1 Å². The zero-order valence-corrected chi connectivity index (χ0v) is 14.1. The summed E-state index contributed by atoms with van der Waals surface area (Å²) >= 11 is 0. The molecule has 0 saturated heterocycles. The van der Waals surface area contributed by atoms with Crippen molar-refractivity contribution in [2.75, 3.05) is 0 Å². The van der Waals surface area contributed by atoms with Gasteiger partial charge in [-0.05, 0) is 18.8 Å². The van der Waals surface area contributed by atoms with Crippen molar-refractivity contribution in [3.05, 3.63) is 11.8 Å². The lowest BCUT2D eigenvalue weighted by Gasteiger charge is -2.19. The molecule has 1 atom stereocenters. The van der Waals surface area contributed by atoms with E-state index in [9.17, 15) is 9.59 Å². The van der Waals surface area contributed by atoms with Gasteiger partial charge in [0.05, 0.1) is 0 Å². The highest BCUT2D eigenvalue weighted by molar-refractivity contribution is 6.44. The number of carboxylic acid groups (broad SMARTS) is 2. The van der Waals surface area contributed by atoms with Gasteiger partial charge in [0, 0.05) is 18.2 Å². The van der Waals surface area contributed by atoms with E-state index in [2.05, 4.69) is 11.9 Å². The average molecular weight is 323 g/mol. The lowest BCUT2D eigenvalue weighted by Crippen LogP contribution is -2.24. The molecule has 1 unspecified atom stereocenters. The smallest absolute Gasteiger partial charge is 0.354 e. The standard InChI is InChI=1S/C18H29NO4/c1-14(15-13-19-17(15)18(22)23)11-9-7-5-3-2-4-6-8-10-12-16(20)21/h13-14H,2-12H2,1H3,(H,20,21)(H,22,23). The fourth-order valence-corrected chi connectivity index (χ4v) is 2.86. The minimum atomic E-state index is -0.919. The van der Waals surface area contributed by atoms with Gasteiger partial charge in [0.15, 0.2) is 5.71 Å². The number of nitrogens with zero attached hydrogens (tertiary/aromatic N) is 1. The van der Waals surface area contributed by atoms with E-state index in [0.29, 0.717) is 6.42 Å². The Kier molecular flexibility index (Phi) is 9.25. The summed E-state index contributed by atoms with van der Waals surface area (Å²) in [4.78, 5) is 25.0. The number of carbonyl (C=O) groups is 2. The lowest BCUT2D eigenvalue weighted by molar-refractivity contribution is -0.137. The van der Waals surface area contributed by atoms with E-state index in [0.717, 1.165) is 37.7 Å². The summed E-state index contributed by atoms with van der Waals surface area (Å²) in [6, 6.07) is 0. The summed E-state index contributed by atoms with van der Waals surface area (Å²) in [7, 11) is 0.